The number of carboxylic acid groups (broad SMARTS) is 1. The summed E-state index contributed by atoms with van der Waals surface area (Å²) in [6, 6.07) is -0.576. The summed E-state index contributed by atoms with van der Waals surface area (Å²) >= 11 is 0. The Morgan fingerprint density at radius 1 is 1.32 bits per heavy atom. The van der Waals surface area contributed by atoms with E-state index in [1.807, 2.05) is 0 Å². The molecule has 0 aromatic heterocycles. The topological polar surface area (TPSA) is 122 Å². The lowest BCUT2D eigenvalue weighted by molar-refractivity contribution is 0.0489. The van der Waals surface area contributed by atoms with Crippen LogP contribution in [-0.2, 0) is 19.0 Å². The van der Waals surface area contributed by atoms with E-state index in [0.29, 0.717) is 0 Å². The van der Waals surface area contributed by atoms with Crippen molar-refractivity contribution in [3.63, 3.8) is 0 Å². The number of amides is 2. The van der Waals surface area contributed by atoms with E-state index in [9.17, 15) is 18.0 Å². The number of hydrogen-bond acceptors (Lipinski definition) is 6. The molecule has 0 aromatic rings. The van der Waals surface area contributed by atoms with Crippen molar-refractivity contribution in [1.82, 2.24) is 10.2 Å². The molecule has 2 N–H and O–H groups in total. The molecule has 9 nitrogen and oxygen atoms in total. The van der Waals surface area contributed by atoms with Crippen molar-refractivity contribution < 1.29 is 32.0 Å². The predicted molar refractivity (Wildman–Crippen MR) is 77.0 cm³/mol. The number of ether oxygens (including phenoxy) is 1. The molecule has 0 radical (unpaired) electrons. The highest BCUT2D eigenvalue weighted by Crippen LogP contribution is 2.19. The largest absolute Gasteiger partial charge is 0.465 e. The third-order valence-corrected chi connectivity index (χ3v) is 3.47. The van der Waals surface area contributed by atoms with Gasteiger partial charge in [-0.1, -0.05) is 0 Å². The fraction of sp³-hybridized carbons (Fsp3) is 0.833. The molecule has 0 aromatic carbocycles. The van der Waals surface area contributed by atoms with Gasteiger partial charge in [0, 0.05) is 19.0 Å². The van der Waals surface area contributed by atoms with E-state index in [1.165, 1.54) is 0 Å². The smallest absolute Gasteiger partial charge is 0.407 e. The molecular formula is C12H22N2O7S. The normalized spacial score (nSPS) is 22.5. The minimum absolute atomic E-state index is 0.0480. The molecular weight excluding hydrogens is 316 g/mol. The van der Waals surface area contributed by atoms with Crippen molar-refractivity contribution in [3.05, 3.63) is 0 Å². The maximum absolute atomic E-state index is 11.8. The summed E-state index contributed by atoms with van der Waals surface area (Å²) in [4.78, 5) is 23.9. The molecule has 1 aliphatic heterocycles. The fourth-order valence-electron chi connectivity index (χ4n) is 2.03. The second-order valence-electron chi connectivity index (χ2n) is 6.19. The van der Waals surface area contributed by atoms with Crippen LogP contribution in [0.4, 0.5) is 9.59 Å². The summed E-state index contributed by atoms with van der Waals surface area (Å²) < 4.78 is 31.9. The zero-order valence-electron chi connectivity index (χ0n) is 13.0. The third-order valence-electron chi connectivity index (χ3n) is 2.91. The van der Waals surface area contributed by atoms with Gasteiger partial charge in [-0.3, -0.25) is 4.18 Å². The van der Waals surface area contributed by atoms with Crippen LogP contribution in [0.2, 0.25) is 0 Å². The van der Waals surface area contributed by atoms with Crippen molar-refractivity contribution in [2.24, 2.45) is 5.92 Å². The summed E-state index contributed by atoms with van der Waals surface area (Å²) in [6.07, 6.45) is -0.917. The monoisotopic (exact) mass is 338 g/mol. The molecule has 2 atom stereocenters. The van der Waals surface area contributed by atoms with Crippen molar-refractivity contribution >= 4 is 22.3 Å². The molecule has 1 fully saturated rings. The molecule has 1 heterocycles. The molecule has 0 aliphatic carbocycles. The molecule has 128 valence electrons. The molecule has 10 heteroatoms. The first-order valence-corrected chi connectivity index (χ1v) is 8.51. The summed E-state index contributed by atoms with van der Waals surface area (Å²) in [5, 5.41) is 11.6. The molecule has 1 rings (SSSR count). The molecule has 22 heavy (non-hydrogen) atoms. The Kier molecular flexibility index (Phi) is 5.63. The van der Waals surface area contributed by atoms with Crippen LogP contribution < -0.4 is 5.32 Å². The van der Waals surface area contributed by atoms with Gasteiger partial charge in [-0.15, -0.1) is 0 Å². The summed E-state index contributed by atoms with van der Waals surface area (Å²) in [5.41, 5.74) is -0.687. The van der Waals surface area contributed by atoms with E-state index in [2.05, 4.69) is 5.32 Å². The number of hydrogen-bond donors (Lipinski definition) is 2. The van der Waals surface area contributed by atoms with E-state index in [4.69, 9.17) is 14.0 Å². The molecule has 0 bridgehead atoms. The Morgan fingerprint density at radius 3 is 2.36 bits per heavy atom. The zero-order valence-corrected chi connectivity index (χ0v) is 13.8. The number of likely N-dealkylation sites (tertiary alicyclic amines) is 1. The van der Waals surface area contributed by atoms with Gasteiger partial charge in [0.05, 0.1) is 18.9 Å². The lowest BCUT2D eigenvalue weighted by atomic mass is 10.1. The van der Waals surface area contributed by atoms with E-state index in [1.54, 1.807) is 20.8 Å². The van der Waals surface area contributed by atoms with Gasteiger partial charge >= 0.3 is 12.2 Å². The van der Waals surface area contributed by atoms with Crippen LogP contribution in [0.3, 0.4) is 0 Å². The van der Waals surface area contributed by atoms with Crippen LogP contribution in [0.1, 0.15) is 20.8 Å². The van der Waals surface area contributed by atoms with Crippen molar-refractivity contribution in [2.75, 3.05) is 26.0 Å². The number of rotatable bonds is 4. The quantitative estimate of drug-likeness (QED) is 0.714. The molecule has 2 amide bonds. The molecule has 1 aliphatic rings. The Balaban J connectivity index is 2.70. The van der Waals surface area contributed by atoms with Crippen molar-refractivity contribution in [1.29, 1.82) is 0 Å². The number of carbonyl (C=O) groups is 2. The van der Waals surface area contributed by atoms with Crippen LogP contribution in [-0.4, -0.2) is 68.2 Å². The van der Waals surface area contributed by atoms with E-state index in [0.717, 1.165) is 11.2 Å². The highest BCUT2D eigenvalue weighted by molar-refractivity contribution is 7.85. The number of nitrogens with zero attached hydrogens (tertiary/aromatic N) is 1. The molecule has 0 saturated carbocycles. The second kappa shape index (κ2) is 6.69. The second-order valence-corrected chi connectivity index (χ2v) is 7.83. The maximum Gasteiger partial charge on any atom is 0.407 e. The SMILES string of the molecule is CC(C)(C)OC(=O)NC1CN(C(=O)O)C[C@@H]1COS(C)(=O)=O. The van der Waals surface area contributed by atoms with Gasteiger partial charge in [-0.05, 0) is 20.8 Å². The molecule has 1 saturated heterocycles. The van der Waals surface area contributed by atoms with Gasteiger partial charge in [-0.25, -0.2) is 9.59 Å². The number of carbonyl (C=O) groups excluding carboxylic acids is 1. The fourth-order valence-corrected chi connectivity index (χ4v) is 2.45. The van der Waals surface area contributed by atoms with Crippen LogP contribution in [0.15, 0.2) is 0 Å². The van der Waals surface area contributed by atoms with Gasteiger partial charge < -0.3 is 20.1 Å². The minimum Gasteiger partial charge on any atom is -0.465 e. The van der Waals surface area contributed by atoms with E-state index >= 15 is 0 Å². The van der Waals surface area contributed by atoms with Crippen LogP contribution in [0, 0.1) is 5.92 Å². The lowest BCUT2D eigenvalue weighted by Gasteiger charge is -2.23. The number of alkyl carbamates (subject to hydrolysis) is 1. The average molecular weight is 338 g/mol. The molecule has 0 spiro atoms. The zero-order chi connectivity index (χ0) is 17.1. The Morgan fingerprint density at radius 2 is 1.91 bits per heavy atom. The van der Waals surface area contributed by atoms with Crippen LogP contribution in [0.25, 0.3) is 0 Å². The van der Waals surface area contributed by atoms with E-state index < -0.39 is 39.9 Å². The highest BCUT2D eigenvalue weighted by atomic mass is 32.2. The summed E-state index contributed by atoms with van der Waals surface area (Å²) in [5.74, 6) is -0.474. The van der Waals surface area contributed by atoms with Gasteiger partial charge in [0.1, 0.15) is 5.60 Å². The highest BCUT2D eigenvalue weighted by Gasteiger charge is 2.37. The van der Waals surface area contributed by atoms with Gasteiger partial charge in [0.2, 0.25) is 0 Å². The van der Waals surface area contributed by atoms with Gasteiger partial charge in [0.15, 0.2) is 0 Å². The average Bonchev–Trinajstić information content (AvgIpc) is 2.66. The first-order valence-electron chi connectivity index (χ1n) is 6.69. The van der Waals surface area contributed by atoms with Gasteiger partial charge in [-0.2, -0.15) is 8.42 Å². The Hall–Kier alpha value is -1.55. The summed E-state index contributed by atoms with van der Waals surface area (Å²) in [7, 11) is -3.64. The number of nitrogens with one attached hydrogen (secondary N) is 1. The third kappa shape index (κ3) is 6.48. The minimum atomic E-state index is -3.64. The standard InChI is InChI=1S/C12H22N2O7S/c1-12(2,3)21-10(15)13-9-6-14(11(16)17)5-8(9)7-20-22(4,18)19/h8-9H,5-7H2,1-4H3,(H,13,15)(H,16,17)/t8-,9?/m1/s1. The Bertz CT molecular complexity index is 526. The maximum atomic E-state index is 11.8. The Labute approximate surface area is 129 Å². The first-order chi connectivity index (χ1) is 9.87. The van der Waals surface area contributed by atoms with E-state index in [-0.39, 0.29) is 19.7 Å². The predicted octanol–water partition coefficient (Wildman–Crippen LogP) is 0.466. The van der Waals surface area contributed by atoms with Crippen LogP contribution in [0.5, 0.6) is 0 Å². The van der Waals surface area contributed by atoms with Crippen molar-refractivity contribution in [2.45, 2.75) is 32.4 Å². The summed E-state index contributed by atoms with van der Waals surface area (Å²) in [6.45, 7) is 5.03. The van der Waals surface area contributed by atoms with Crippen molar-refractivity contribution in [3.8, 4) is 0 Å². The molecule has 1 unspecified atom stereocenters. The van der Waals surface area contributed by atoms with Crippen LogP contribution >= 0.6 is 0 Å². The first kappa shape index (κ1) is 18.5. The lowest BCUT2D eigenvalue weighted by Crippen LogP contribution is -2.44. The van der Waals surface area contributed by atoms with Gasteiger partial charge in [0.25, 0.3) is 10.1 Å².